The SMILES string of the molecule is Cc1ccccc1-c1cc(C(=O)[O-])ccc1[N+](=O)[O-]. The second-order valence-electron chi connectivity index (χ2n) is 4.09. The number of nitro groups is 1. The Kier molecular flexibility index (Phi) is 3.29. The van der Waals surface area contributed by atoms with Crippen LogP contribution in [-0.4, -0.2) is 10.9 Å². The number of nitrogens with zero attached hydrogens (tertiary/aromatic N) is 1. The monoisotopic (exact) mass is 256 g/mol. The van der Waals surface area contributed by atoms with Gasteiger partial charge in [-0.25, -0.2) is 0 Å². The van der Waals surface area contributed by atoms with Crippen LogP contribution >= 0.6 is 0 Å². The number of aryl methyl sites for hydroxylation is 1. The molecule has 0 heterocycles. The Hall–Kier alpha value is -2.69. The van der Waals surface area contributed by atoms with Gasteiger partial charge in [0.25, 0.3) is 5.69 Å². The number of aromatic carboxylic acids is 1. The molecule has 96 valence electrons. The van der Waals surface area contributed by atoms with Crippen molar-refractivity contribution < 1.29 is 14.8 Å². The number of benzene rings is 2. The van der Waals surface area contributed by atoms with Gasteiger partial charge in [0, 0.05) is 6.07 Å². The lowest BCUT2D eigenvalue weighted by Crippen LogP contribution is -2.22. The van der Waals surface area contributed by atoms with Gasteiger partial charge in [0.1, 0.15) is 0 Å². The van der Waals surface area contributed by atoms with Gasteiger partial charge in [-0.05, 0) is 35.7 Å². The van der Waals surface area contributed by atoms with E-state index in [4.69, 9.17) is 0 Å². The van der Waals surface area contributed by atoms with E-state index in [1.54, 1.807) is 12.1 Å². The number of hydrogen-bond donors (Lipinski definition) is 0. The number of rotatable bonds is 3. The second kappa shape index (κ2) is 4.89. The van der Waals surface area contributed by atoms with Crippen molar-refractivity contribution in [2.45, 2.75) is 6.92 Å². The maximum atomic E-state index is 11.0. The van der Waals surface area contributed by atoms with E-state index in [2.05, 4.69) is 0 Å². The average molecular weight is 256 g/mol. The number of carbonyl (C=O) groups is 1. The maximum Gasteiger partial charge on any atom is 0.277 e. The van der Waals surface area contributed by atoms with Gasteiger partial charge in [0.2, 0.25) is 0 Å². The Morgan fingerprint density at radius 3 is 2.37 bits per heavy atom. The molecule has 0 aliphatic heterocycles. The molecule has 0 spiro atoms. The molecular weight excluding hydrogens is 246 g/mol. The van der Waals surface area contributed by atoms with Gasteiger partial charge in [0.15, 0.2) is 0 Å². The number of carboxylic acid groups (broad SMARTS) is 1. The second-order valence-corrected chi connectivity index (χ2v) is 4.09. The molecule has 2 aromatic rings. The summed E-state index contributed by atoms with van der Waals surface area (Å²) in [4.78, 5) is 21.4. The summed E-state index contributed by atoms with van der Waals surface area (Å²) in [6, 6.07) is 10.7. The standard InChI is InChI=1S/C14H11NO4/c1-9-4-2-3-5-11(9)12-8-10(14(16)17)6-7-13(12)15(18)19/h2-8H,1H3,(H,16,17)/p-1. The fraction of sp³-hybridized carbons (Fsp3) is 0.0714. The zero-order chi connectivity index (χ0) is 14.0. The number of hydrogen-bond acceptors (Lipinski definition) is 4. The van der Waals surface area contributed by atoms with E-state index in [1.807, 2.05) is 19.1 Å². The summed E-state index contributed by atoms with van der Waals surface area (Å²) in [7, 11) is 0. The first-order valence-electron chi connectivity index (χ1n) is 5.56. The van der Waals surface area contributed by atoms with E-state index in [0.29, 0.717) is 5.56 Å². The van der Waals surface area contributed by atoms with Gasteiger partial charge in [-0.2, -0.15) is 0 Å². The maximum absolute atomic E-state index is 11.0. The summed E-state index contributed by atoms with van der Waals surface area (Å²) in [6.07, 6.45) is 0. The van der Waals surface area contributed by atoms with Gasteiger partial charge in [-0.3, -0.25) is 10.1 Å². The molecule has 19 heavy (non-hydrogen) atoms. The lowest BCUT2D eigenvalue weighted by molar-refractivity contribution is -0.384. The highest BCUT2D eigenvalue weighted by Gasteiger charge is 2.17. The molecule has 0 unspecified atom stereocenters. The van der Waals surface area contributed by atoms with Crippen LogP contribution in [0, 0.1) is 17.0 Å². The molecule has 0 saturated heterocycles. The first kappa shape index (κ1) is 12.8. The molecule has 0 aliphatic carbocycles. The molecule has 0 amide bonds. The highest BCUT2D eigenvalue weighted by molar-refractivity contribution is 5.90. The lowest BCUT2D eigenvalue weighted by atomic mass is 9.97. The van der Waals surface area contributed by atoms with Crippen LogP contribution in [0.2, 0.25) is 0 Å². The quantitative estimate of drug-likeness (QED) is 0.620. The lowest BCUT2D eigenvalue weighted by Gasteiger charge is -2.09. The predicted molar refractivity (Wildman–Crippen MR) is 67.6 cm³/mol. The molecule has 2 rings (SSSR count). The average Bonchev–Trinajstić information content (AvgIpc) is 2.38. The van der Waals surface area contributed by atoms with Gasteiger partial charge < -0.3 is 9.90 Å². The first-order valence-corrected chi connectivity index (χ1v) is 5.56. The third-order valence-corrected chi connectivity index (χ3v) is 2.86. The van der Waals surface area contributed by atoms with Gasteiger partial charge in [0.05, 0.1) is 16.5 Å². The number of carboxylic acids is 1. The molecule has 2 aromatic carbocycles. The van der Waals surface area contributed by atoms with Gasteiger partial charge in [-0.15, -0.1) is 0 Å². The zero-order valence-corrected chi connectivity index (χ0v) is 10.1. The van der Waals surface area contributed by atoms with Crippen LogP contribution in [0.15, 0.2) is 42.5 Å². The highest BCUT2D eigenvalue weighted by Crippen LogP contribution is 2.32. The molecule has 0 aliphatic rings. The smallest absolute Gasteiger partial charge is 0.277 e. The van der Waals surface area contributed by atoms with Crippen molar-refractivity contribution in [1.82, 2.24) is 0 Å². The van der Waals surface area contributed by atoms with Crippen LogP contribution in [0.4, 0.5) is 5.69 Å². The molecule has 0 atom stereocenters. The Morgan fingerprint density at radius 1 is 1.11 bits per heavy atom. The van der Waals surface area contributed by atoms with Crippen molar-refractivity contribution >= 4 is 11.7 Å². The summed E-state index contributed by atoms with van der Waals surface area (Å²) >= 11 is 0. The van der Waals surface area contributed by atoms with Crippen LogP contribution in [0.5, 0.6) is 0 Å². The molecule has 5 heteroatoms. The molecule has 5 nitrogen and oxygen atoms in total. The van der Waals surface area contributed by atoms with E-state index < -0.39 is 10.9 Å². The van der Waals surface area contributed by atoms with Crippen LogP contribution < -0.4 is 5.11 Å². The third kappa shape index (κ3) is 2.44. The highest BCUT2D eigenvalue weighted by atomic mass is 16.6. The fourth-order valence-corrected chi connectivity index (χ4v) is 1.91. The van der Waals surface area contributed by atoms with E-state index in [0.717, 1.165) is 5.56 Å². The molecule has 0 fully saturated rings. The van der Waals surface area contributed by atoms with Crippen LogP contribution in [-0.2, 0) is 0 Å². The van der Waals surface area contributed by atoms with E-state index in [9.17, 15) is 20.0 Å². The molecule has 0 aromatic heterocycles. The number of nitro benzene ring substituents is 1. The summed E-state index contributed by atoms with van der Waals surface area (Å²) in [5, 5.41) is 21.9. The third-order valence-electron chi connectivity index (χ3n) is 2.86. The summed E-state index contributed by atoms with van der Waals surface area (Å²) in [5.74, 6) is -1.36. The summed E-state index contributed by atoms with van der Waals surface area (Å²) in [6.45, 7) is 1.81. The Bertz CT molecular complexity index is 664. The van der Waals surface area contributed by atoms with Crippen molar-refractivity contribution in [3.8, 4) is 11.1 Å². The van der Waals surface area contributed by atoms with Crippen molar-refractivity contribution in [3.05, 3.63) is 63.7 Å². The Balaban J connectivity index is 2.72. The van der Waals surface area contributed by atoms with Crippen LogP contribution in [0.25, 0.3) is 11.1 Å². The van der Waals surface area contributed by atoms with Gasteiger partial charge >= 0.3 is 0 Å². The summed E-state index contributed by atoms with van der Waals surface area (Å²) in [5.41, 5.74) is 1.55. The van der Waals surface area contributed by atoms with Crippen LogP contribution in [0.3, 0.4) is 0 Å². The topological polar surface area (TPSA) is 83.3 Å². The normalized spacial score (nSPS) is 10.2. The minimum Gasteiger partial charge on any atom is -0.545 e. The largest absolute Gasteiger partial charge is 0.545 e. The molecule has 0 bridgehead atoms. The Labute approximate surface area is 109 Å². The fourth-order valence-electron chi connectivity index (χ4n) is 1.91. The van der Waals surface area contributed by atoms with E-state index >= 15 is 0 Å². The van der Waals surface area contributed by atoms with Crippen molar-refractivity contribution in [1.29, 1.82) is 0 Å². The van der Waals surface area contributed by atoms with Crippen molar-refractivity contribution in [3.63, 3.8) is 0 Å². The minimum atomic E-state index is -1.36. The van der Waals surface area contributed by atoms with Crippen molar-refractivity contribution in [2.75, 3.05) is 0 Å². The molecule has 0 saturated carbocycles. The number of carbonyl (C=O) groups excluding carboxylic acids is 1. The molecule has 0 N–H and O–H groups in total. The molecular formula is C14H10NO4-. The minimum absolute atomic E-state index is 0.0798. The molecule has 0 radical (unpaired) electrons. The van der Waals surface area contributed by atoms with E-state index in [1.165, 1.54) is 18.2 Å². The Morgan fingerprint density at radius 2 is 1.79 bits per heavy atom. The zero-order valence-electron chi connectivity index (χ0n) is 10.1. The van der Waals surface area contributed by atoms with E-state index in [-0.39, 0.29) is 16.8 Å². The predicted octanol–water partition coefficient (Wildman–Crippen LogP) is 1.93. The van der Waals surface area contributed by atoms with Gasteiger partial charge in [-0.1, -0.05) is 24.3 Å². The first-order chi connectivity index (χ1) is 9.00. The van der Waals surface area contributed by atoms with Crippen molar-refractivity contribution in [2.24, 2.45) is 0 Å². The summed E-state index contributed by atoms with van der Waals surface area (Å²) < 4.78 is 0. The van der Waals surface area contributed by atoms with Crippen LogP contribution in [0.1, 0.15) is 15.9 Å².